The molecule has 0 radical (unpaired) electrons. The van der Waals surface area contributed by atoms with Gasteiger partial charge in [-0.3, -0.25) is 9.58 Å². The van der Waals surface area contributed by atoms with Gasteiger partial charge in [-0.15, -0.1) is 0 Å². The van der Waals surface area contributed by atoms with Crippen LogP contribution < -0.4 is 4.90 Å². The van der Waals surface area contributed by atoms with Gasteiger partial charge in [0.1, 0.15) is 10.7 Å². The summed E-state index contributed by atoms with van der Waals surface area (Å²) in [6.45, 7) is 7.25. The highest BCUT2D eigenvalue weighted by Gasteiger charge is 2.22. The molecule has 25 heavy (non-hydrogen) atoms. The minimum absolute atomic E-state index is 0.313. The molecule has 0 N–H and O–H groups in total. The molecule has 8 heteroatoms. The summed E-state index contributed by atoms with van der Waals surface area (Å²) in [5, 5.41) is 4.33. The lowest BCUT2D eigenvalue weighted by Crippen LogP contribution is -2.31. The molecule has 1 aliphatic heterocycles. The van der Waals surface area contributed by atoms with Crippen molar-refractivity contribution in [2.24, 2.45) is 0 Å². The van der Waals surface area contributed by atoms with Crippen LogP contribution >= 0.6 is 0 Å². The number of anilines is 1. The Bertz CT molecular complexity index is 818. The van der Waals surface area contributed by atoms with Crippen molar-refractivity contribution in [3.8, 4) is 0 Å². The van der Waals surface area contributed by atoms with Gasteiger partial charge >= 0.3 is 0 Å². The van der Waals surface area contributed by atoms with E-state index < -0.39 is 9.84 Å². The first-order chi connectivity index (χ1) is 12.0. The average molecular weight is 363 g/mol. The summed E-state index contributed by atoms with van der Waals surface area (Å²) in [6, 6.07) is 3.31. The molecule has 1 fully saturated rings. The number of aryl methyl sites for hydroxylation is 1. The van der Waals surface area contributed by atoms with Crippen LogP contribution in [0.5, 0.6) is 0 Å². The maximum absolute atomic E-state index is 12.0. The molecule has 1 aliphatic rings. The summed E-state index contributed by atoms with van der Waals surface area (Å²) in [6.07, 6.45) is 7.88. The Balaban J connectivity index is 1.70. The van der Waals surface area contributed by atoms with E-state index in [1.807, 2.05) is 10.9 Å². The largest absolute Gasteiger partial charge is 0.354 e. The maximum atomic E-state index is 12.0. The van der Waals surface area contributed by atoms with Gasteiger partial charge in [0, 0.05) is 63.5 Å². The van der Waals surface area contributed by atoms with Crippen LogP contribution in [0.1, 0.15) is 18.9 Å². The number of pyridine rings is 1. The van der Waals surface area contributed by atoms with Gasteiger partial charge in [-0.1, -0.05) is 0 Å². The zero-order valence-corrected chi connectivity index (χ0v) is 15.6. The number of aromatic nitrogens is 3. The third kappa shape index (κ3) is 4.38. The van der Waals surface area contributed by atoms with Crippen molar-refractivity contribution in [1.82, 2.24) is 19.7 Å². The molecule has 0 amide bonds. The predicted molar refractivity (Wildman–Crippen MR) is 97.4 cm³/mol. The Kier molecular flexibility index (Phi) is 5.39. The first-order valence-corrected chi connectivity index (χ1v) is 10.5. The summed E-state index contributed by atoms with van der Waals surface area (Å²) >= 11 is 0. The summed E-state index contributed by atoms with van der Waals surface area (Å²) in [5.41, 5.74) is 1.21. The summed E-state index contributed by atoms with van der Waals surface area (Å²) in [4.78, 5) is 9.14. The highest BCUT2D eigenvalue weighted by atomic mass is 32.2. The van der Waals surface area contributed by atoms with E-state index in [4.69, 9.17) is 0 Å². The molecule has 0 spiro atoms. The van der Waals surface area contributed by atoms with Crippen molar-refractivity contribution in [1.29, 1.82) is 0 Å². The molecule has 0 aromatic carbocycles. The number of nitrogens with zero attached hydrogens (tertiary/aromatic N) is 5. The molecule has 0 bridgehead atoms. The van der Waals surface area contributed by atoms with Gasteiger partial charge < -0.3 is 4.90 Å². The lowest BCUT2D eigenvalue weighted by atomic mass is 10.3. The number of hydrogen-bond acceptors (Lipinski definition) is 6. The van der Waals surface area contributed by atoms with E-state index in [0.717, 1.165) is 45.7 Å². The second-order valence-electron chi connectivity index (χ2n) is 6.42. The van der Waals surface area contributed by atoms with Crippen LogP contribution in [-0.2, 0) is 22.9 Å². The van der Waals surface area contributed by atoms with Gasteiger partial charge in [0.15, 0.2) is 9.84 Å². The van der Waals surface area contributed by atoms with Gasteiger partial charge in [0.25, 0.3) is 0 Å². The molecule has 7 nitrogen and oxygen atoms in total. The van der Waals surface area contributed by atoms with Gasteiger partial charge in [-0.05, 0) is 25.5 Å². The third-order valence-electron chi connectivity index (χ3n) is 4.46. The van der Waals surface area contributed by atoms with Crippen LogP contribution in [0.3, 0.4) is 0 Å². The summed E-state index contributed by atoms with van der Waals surface area (Å²) < 4.78 is 26.0. The van der Waals surface area contributed by atoms with E-state index in [2.05, 4.69) is 33.0 Å². The van der Waals surface area contributed by atoms with Crippen molar-refractivity contribution in [3.05, 3.63) is 36.3 Å². The second-order valence-corrected chi connectivity index (χ2v) is 8.40. The number of sulfone groups is 1. The van der Waals surface area contributed by atoms with Gasteiger partial charge in [0.05, 0.1) is 6.20 Å². The van der Waals surface area contributed by atoms with Crippen molar-refractivity contribution in [3.63, 3.8) is 0 Å². The SMILES string of the molecule is CCn1cc(CN2CCCN(c3ncccc3S(C)(=O)=O)CC2)cn1. The first-order valence-electron chi connectivity index (χ1n) is 8.61. The standard InChI is InChI=1S/C17H25N5O2S/c1-3-22-14-15(12-19-22)13-20-8-5-9-21(11-10-20)17-16(25(2,23)24)6-4-7-18-17/h4,6-7,12,14H,3,5,8-11,13H2,1-2H3. The molecule has 1 saturated heterocycles. The average Bonchev–Trinajstić information content (AvgIpc) is 2.91. The van der Waals surface area contributed by atoms with Crippen molar-refractivity contribution < 1.29 is 8.42 Å². The molecule has 2 aromatic rings. The molecule has 0 saturated carbocycles. The molecule has 2 aromatic heterocycles. The third-order valence-corrected chi connectivity index (χ3v) is 5.57. The van der Waals surface area contributed by atoms with Crippen LogP contribution in [0.2, 0.25) is 0 Å². The van der Waals surface area contributed by atoms with Gasteiger partial charge in [-0.2, -0.15) is 5.10 Å². The molecule has 0 aliphatic carbocycles. The molecular weight excluding hydrogens is 338 g/mol. The maximum Gasteiger partial charge on any atom is 0.179 e. The molecule has 3 heterocycles. The van der Waals surface area contributed by atoms with Gasteiger partial charge in [-0.25, -0.2) is 13.4 Å². The lowest BCUT2D eigenvalue weighted by molar-refractivity contribution is 0.285. The minimum Gasteiger partial charge on any atom is -0.354 e. The Morgan fingerprint density at radius 2 is 2.04 bits per heavy atom. The molecule has 0 atom stereocenters. The molecular formula is C17H25N5O2S. The molecule has 136 valence electrons. The predicted octanol–water partition coefficient (Wildman–Crippen LogP) is 1.41. The monoisotopic (exact) mass is 363 g/mol. The van der Waals surface area contributed by atoms with Crippen molar-refractivity contribution >= 4 is 15.7 Å². The van der Waals surface area contributed by atoms with E-state index in [1.165, 1.54) is 11.8 Å². The first kappa shape index (κ1) is 17.9. The fourth-order valence-electron chi connectivity index (χ4n) is 3.17. The quantitative estimate of drug-likeness (QED) is 0.800. The van der Waals surface area contributed by atoms with Crippen LogP contribution in [0.25, 0.3) is 0 Å². The molecule has 3 rings (SSSR count). The fraction of sp³-hybridized carbons (Fsp3) is 0.529. The zero-order valence-electron chi connectivity index (χ0n) is 14.8. The van der Waals surface area contributed by atoms with Crippen LogP contribution in [0.15, 0.2) is 35.6 Å². The minimum atomic E-state index is -3.29. The van der Waals surface area contributed by atoms with Crippen LogP contribution in [-0.4, -0.2) is 60.5 Å². The Labute approximate surface area is 149 Å². The normalized spacial score (nSPS) is 16.8. The zero-order chi connectivity index (χ0) is 17.9. The van der Waals surface area contributed by atoms with E-state index >= 15 is 0 Å². The van der Waals surface area contributed by atoms with Gasteiger partial charge in [0.2, 0.25) is 0 Å². The molecule has 0 unspecified atom stereocenters. The van der Waals surface area contributed by atoms with Crippen LogP contribution in [0, 0.1) is 0 Å². The Hall–Kier alpha value is -1.93. The van der Waals surface area contributed by atoms with E-state index in [1.54, 1.807) is 18.3 Å². The Morgan fingerprint density at radius 1 is 1.20 bits per heavy atom. The number of rotatable bonds is 5. The van der Waals surface area contributed by atoms with Crippen molar-refractivity contribution in [2.45, 2.75) is 31.3 Å². The summed E-state index contributed by atoms with van der Waals surface area (Å²) in [5.74, 6) is 0.575. The lowest BCUT2D eigenvalue weighted by Gasteiger charge is -2.24. The fourth-order valence-corrected chi connectivity index (χ4v) is 4.01. The topological polar surface area (TPSA) is 71.3 Å². The van der Waals surface area contributed by atoms with E-state index in [9.17, 15) is 8.42 Å². The smallest absolute Gasteiger partial charge is 0.179 e. The summed E-state index contributed by atoms with van der Waals surface area (Å²) in [7, 11) is -3.29. The second kappa shape index (κ2) is 7.53. The Morgan fingerprint density at radius 3 is 2.76 bits per heavy atom. The highest BCUT2D eigenvalue weighted by Crippen LogP contribution is 2.23. The van der Waals surface area contributed by atoms with E-state index in [0.29, 0.717) is 10.7 Å². The van der Waals surface area contributed by atoms with Crippen LogP contribution in [0.4, 0.5) is 5.82 Å². The highest BCUT2D eigenvalue weighted by molar-refractivity contribution is 7.90. The van der Waals surface area contributed by atoms with E-state index in [-0.39, 0.29) is 0 Å². The number of hydrogen-bond donors (Lipinski definition) is 0. The van der Waals surface area contributed by atoms with Crippen molar-refractivity contribution in [2.75, 3.05) is 37.3 Å².